The second-order valence-corrected chi connectivity index (χ2v) is 9.03. The van der Waals surface area contributed by atoms with Gasteiger partial charge in [-0.25, -0.2) is 0 Å². The summed E-state index contributed by atoms with van der Waals surface area (Å²) in [7, 11) is 0. The number of carbonyl (C=O) groups excluding carboxylic acids is 1. The van der Waals surface area contributed by atoms with Crippen molar-refractivity contribution in [3.05, 3.63) is 29.8 Å². The summed E-state index contributed by atoms with van der Waals surface area (Å²) in [6.07, 6.45) is 4.57. The zero-order chi connectivity index (χ0) is 20.6. The third-order valence-electron chi connectivity index (χ3n) is 4.78. The Labute approximate surface area is 175 Å². The molecule has 1 saturated heterocycles. The summed E-state index contributed by atoms with van der Waals surface area (Å²) in [5.74, 6) is 0.0878. The predicted octanol–water partition coefficient (Wildman–Crippen LogP) is 3.65. The molecule has 1 aliphatic rings. The van der Waals surface area contributed by atoms with Crippen molar-refractivity contribution in [2.75, 3.05) is 38.0 Å². The Bertz CT molecular complexity index is 639. The fourth-order valence-corrected chi connectivity index (χ4v) is 3.63. The number of anilines is 1. The van der Waals surface area contributed by atoms with Gasteiger partial charge in [-0.3, -0.25) is 9.69 Å². The second kappa shape index (κ2) is 10.8. The molecule has 1 fully saturated rings. The molecule has 0 atom stereocenters. The van der Waals surface area contributed by atoms with Crippen LogP contribution in [-0.2, 0) is 11.2 Å². The van der Waals surface area contributed by atoms with E-state index in [-0.39, 0.29) is 11.4 Å². The lowest BCUT2D eigenvalue weighted by atomic mass is 10.1. The van der Waals surface area contributed by atoms with Crippen molar-refractivity contribution in [1.82, 2.24) is 15.1 Å². The summed E-state index contributed by atoms with van der Waals surface area (Å²) < 4.78 is 0. The first kappa shape index (κ1) is 22.6. The highest BCUT2D eigenvalue weighted by Gasteiger charge is 2.20. The van der Waals surface area contributed by atoms with Crippen LogP contribution in [0.1, 0.15) is 52.5 Å². The highest BCUT2D eigenvalue weighted by atomic mass is 32.1. The zero-order valence-electron chi connectivity index (χ0n) is 17.9. The lowest BCUT2D eigenvalue weighted by Crippen LogP contribution is -2.46. The maximum atomic E-state index is 12.2. The van der Waals surface area contributed by atoms with E-state index in [0.29, 0.717) is 6.54 Å². The summed E-state index contributed by atoms with van der Waals surface area (Å²) in [4.78, 5) is 16.6. The van der Waals surface area contributed by atoms with Crippen molar-refractivity contribution in [1.29, 1.82) is 0 Å². The Kier molecular flexibility index (Phi) is 8.70. The SMILES string of the molecule is CCCCc1ccc(NC(=S)N2CCCN(CC(=O)NC(C)(C)C)CC2)cc1. The van der Waals surface area contributed by atoms with Crippen molar-refractivity contribution >= 4 is 28.9 Å². The van der Waals surface area contributed by atoms with Gasteiger partial charge in [0.15, 0.2) is 5.11 Å². The Balaban J connectivity index is 1.81. The first-order chi connectivity index (χ1) is 13.3. The van der Waals surface area contributed by atoms with E-state index in [1.165, 1.54) is 18.4 Å². The molecule has 1 amide bonds. The smallest absolute Gasteiger partial charge is 0.234 e. The average Bonchev–Trinajstić information content (AvgIpc) is 2.85. The first-order valence-corrected chi connectivity index (χ1v) is 10.9. The summed E-state index contributed by atoms with van der Waals surface area (Å²) in [6, 6.07) is 8.58. The van der Waals surface area contributed by atoms with Crippen LogP contribution >= 0.6 is 12.2 Å². The molecular formula is C22H36N4OS. The monoisotopic (exact) mass is 404 g/mol. The second-order valence-electron chi connectivity index (χ2n) is 8.65. The number of rotatable bonds is 6. The summed E-state index contributed by atoms with van der Waals surface area (Å²) >= 11 is 5.63. The van der Waals surface area contributed by atoms with Crippen LogP contribution in [0, 0.1) is 0 Å². The fourth-order valence-electron chi connectivity index (χ4n) is 3.33. The minimum absolute atomic E-state index is 0.0878. The molecule has 28 heavy (non-hydrogen) atoms. The number of hydrogen-bond acceptors (Lipinski definition) is 3. The van der Waals surface area contributed by atoms with Crippen LogP contribution in [0.4, 0.5) is 5.69 Å². The molecule has 156 valence electrons. The van der Waals surface area contributed by atoms with Crippen molar-refractivity contribution in [2.24, 2.45) is 0 Å². The van der Waals surface area contributed by atoms with Crippen molar-refractivity contribution in [2.45, 2.75) is 58.9 Å². The molecule has 5 nitrogen and oxygen atoms in total. The molecule has 0 aliphatic carbocycles. The van der Waals surface area contributed by atoms with Crippen molar-refractivity contribution in [3.8, 4) is 0 Å². The van der Waals surface area contributed by atoms with Gasteiger partial charge >= 0.3 is 0 Å². The first-order valence-electron chi connectivity index (χ1n) is 10.4. The van der Waals surface area contributed by atoms with Crippen molar-refractivity contribution in [3.63, 3.8) is 0 Å². The predicted molar refractivity (Wildman–Crippen MR) is 122 cm³/mol. The molecule has 0 radical (unpaired) electrons. The number of thiocarbonyl (C=S) groups is 1. The van der Waals surface area contributed by atoms with E-state index in [4.69, 9.17) is 12.2 Å². The summed E-state index contributed by atoms with van der Waals surface area (Å²) in [6.45, 7) is 12.2. The molecule has 1 aliphatic heterocycles. The normalized spacial score (nSPS) is 15.8. The molecule has 0 spiro atoms. The number of amides is 1. The molecule has 0 aromatic heterocycles. The number of benzene rings is 1. The van der Waals surface area contributed by atoms with E-state index < -0.39 is 0 Å². The number of hydrogen-bond donors (Lipinski definition) is 2. The molecule has 1 aromatic carbocycles. The van der Waals surface area contributed by atoms with Crippen LogP contribution in [0.15, 0.2) is 24.3 Å². The fraction of sp³-hybridized carbons (Fsp3) is 0.636. The lowest BCUT2D eigenvalue weighted by Gasteiger charge is -2.26. The standard InChI is InChI=1S/C22H36N4OS/c1-5-6-8-18-9-11-19(12-10-18)23-21(28)26-14-7-13-25(15-16-26)17-20(27)24-22(2,3)4/h9-12H,5-8,13-17H2,1-4H3,(H,23,28)(H,24,27). The van der Waals surface area contributed by atoms with E-state index in [2.05, 4.69) is 51.6 Å². The van der Waals surface area contributed by atoms with Gasteiger partial charge in [0, 0.05) is 37.4 Å². The van der Waals surface area contributed by atoms with Gasteiger partial charge in [0.2, 0.25) is 5.91 Å². The minimum atomic E-state index is -0.188. The maximum absolute atomic E-state index is 12.2. The summed E-state index contributed by atoms with van der Waals surface area (Å²) in [5, 5.41) is 7.17. The highest BCUT2D eigenvalue weighted by Crippen LogP contribution is 2.13. The van der Waals surface area contributed by atoms with E-state index in [0.717, 1.165) is 49.8 Å². The van der Waals surface area contributed by atoms with Crippen molar-refractivity contribution < 1.29 is 4.79 Å². The number of aryl methyl sites for hydroxylation is 1. The van der Waals surface area contributed by atoms with Crippen LogP contribution in [0.25, 0.3) is 0 Å². The number of nitrogens with one attached hydrogen (secondary N) is 2. The molecule has 1 aromatic rings. The van der Waals surface area contributed by atoms with E-state index in [1.54, 1.807) is 0 Å². The number of carbonyl (C=O) groups is 1. The molecule has 0 saturated carbocycles. The van der Waals surface area contributed by atoms with Crippen LogP contribution < -0.4 is 10.6 Å². The van der Waals surface area contributed by atoms with Gasteiger partial charge in [0.05, 0.1) is 6.54 Å². The van der Waals surface area contributed by atoms with Crippen LogP contribution in [0.2, 0.25) is 0 Å². The highest BCUT2D eigenvalue weighted by molar-refractivity contribution is 7.80. The van der Waals surface area contributed by atoms with Gasteiger partial charge in [-0.15, -0.1) is 0 Å². The van der Waals surface area contributed by atoms with E-state index in [1.807, 2.05) is 20.8 Å². The summed E-state index contributed by atoms with van der Waals surface area (Å²) in [5.41, 5.74) is 2.22. The van der Waals surface area contributed by atoms with Gasteiger partial charge < -0.3 is 15.5 Å². The third kappa shape index (κ3) is 8.15. The molecule has 1 heterocycles. The van der Waals surface area contributed by atoms with Crippen LogP contribution in [-0.4, -0.2) is 59.1 Å². The minimum Gasteiger partial charge on any atom is -0.350 e. The maximum Gasteiger partial charge on any atom is 0.234 e. The van der Waals surface area contributed by atoms with Gasteiger partial charge in [-0.2, -0.15) is 0 Å². The number of unbranched alkanes of at least 4 members (excludes halogenated alkanes) is 1. The van der Waals surface area contributed by atoms with Gasteiger partial charge in [-0.1, -0.05) is 25.5 Å². The number of nitrogens with zero attached hydrogens (tertiary/aromatic N) is 2. The molecule has 2 rings (SSSR count). The van der Waals surface area contributed by atoms with Crippen LogP contribution in [0.3, 0.4) is 0 Å². The van der Waals surface area contributed by atoms with Gasteiger partial charge in [0.25, 0.3) is 0 Å². The Hall–Kier alpha value is -1.66. The molecule has 0 unspecified atom stereocenters. The van der Waals surface area contributed by atoms with Gasteiger partial charge in [-0.05, 0) is 69.9 Å². The largest absolute Gasteiger partial charge is 0.350 e. The lowest BCUT2D eigenvalue weighted by molar-refractivity contribution is -0.123. The average molecular weight is 405 g/mol. The van der Waals surface area contributed by atoms with Crippen LogP contribution in [0.5, 0.6) is 0 Å². The Morgan fingerprint density at radius 2 is 1.82 bits per heavy atom. The molecular weight excluding hydrogens is 368 g/mol. The van der Waals surface area contributed by atoms with Gasteiger partial charge in [0.1, 0.15) is 0 Å². The zero-order valence-corrected chi connectivity index (χ0v) is 18.7. The molecule has 0 bridgehead atoms. The van der Waals surface area contributed by atoms with E-state index in [9.17, 15) is 4.79 Å². The topological polar surface area (TPSA) is 47.6 Å². The quantitative estimate of drug-likeness (QED) is 0.709. The molecule has 6 heteroatoms. The molecule has 2 N–H and O–H groups in total. The third-order valence-corrected chi connectivity index (χ3v) is 5.14. The Morgan fingerprint density at radius 3 is 2.46 bits per heavy atom. The Morgan fingerprint density at radius 1 is 1.11 bits per heavy atom. The van der Waals surface area contributed by atoms with E-state index >= 15 is 0 Å².